The molecule has 1 aromatic carbocycles. The molecule has 0 atom stereocenters. The first kappa shape index (κ1) is 18.7. The number of nitrogens with one attached hydrogen (secondary N) is 1. The van der Waals surface area contributed by atoms with Crippen LogP contribution in [-0.4, -0.2) is 49.8 Å². The Bertz CT molecular complexity index is 610. The van der Waals surface area contributed by atoms with Crippen molar-refractivity contribution in [2.24, 2.45) is 0 Å². The summed E-state index contributed by atoms with van der Waals surface area (Å²) < 4.78 is 12.1. The highest BCUT2D eigenvalue weighted by atomic mass is 16.7. The maximum atomic E-state index is 12.0. The second-order valence-corrected chi connectivity index (χ2v) is 7.37. The molecule has 0 aliphatic carbocycles. The Labute approximate surface area is 145 Å². The highest BCUT2D eigenvalue weighted by Crippen LogP contribution is 2.36. The van der Waals surface area contributed by atoms with Crippen LogP contribution in [-0.2, 0) is 14.1 Å². The van der Waals surface area contributed by atoms with Gasteiger partial charge in [-0.2, -0.15) is 0 Å². The zero-order valence-electron chi connectivity index (χ0n) is 15.4. The predicted octanol–water partition coefficient (Wildman–Crippen LogP) is 2.04. The van der Waals surface area contributed by atoms with Gasteiger partial charge in [-0.1, -0.05) is 18.2 Å². The Morgan fingerprint density at radius 1 is 1.21 bits per heavy atom. The number of carbonyl (C=O) groups is 1. The van der Waals surface area contributed by atoms with Crippen LogP contribution < -0.4 is 10.8 Å². The first-order valence-corrected chi connectivity index (χ1v) is 8.18. The molecule has 1 amide bonds. The smallest absolute Gasteiger partial charge is 0.399 e. The molecule has 6 heteroatoms. The SMILES string of the molecule is CN(C)CC=CC(=O)Nc1cccc(B2OC(C)(C)C(C)(C)O2)c1. The standard InChI is InChI=1S/C18H27BN2O3/c1-17(2)18(3,4)24-19(23-17)14-9-7-10-15(13-14)20-16(22)11-8-12-21(5)6/h7-11,13H,12H2,1-6H3,(H,20,22). The molecule has 1 aromatic rings. The maximum absolute atomic E-state index is 12.0. The molecule has 1 saturated heterocycles. The lowest BCUT2D eigenvalue weighted by atomic mass is 9.79. The maximum Gasteiger partial charge on any atom is 0.494 e. The molecule has 2 rings (SSSR count). The molecule has 1 aliphatic heterocycles. The van der Waals surface area contributed by atoms with E-state index in [1.807, 2.05) is 77.0 Å². The van der Waals surface area contributed by atoms with Crippen molar-refractivity contribution in [1.82, 2.24) is 4.90 Å². The average Bonchev–Trinajstić information content (AvgIpc) is 2.67. The first-order chi connectivity index (χ1) is 11.1. The van der Waals surface area contributed by atoms with E-state index in [0.717, 1.165) is 17.7 Å². The van der Waals surface area contributed by atoms with Gasteiger partial charge in [-0.25, -0.2) is 0 Å². The first-order valence-electron chi connectivity index (χ1n) is 8.18. The zero-order chi connectivity index (χ0) is 18.0. The number of rotatable bonds is 5. The van der Waals surface area contributed by atoms with E-state index in [1.54, 1.807) is 6.08 Å². The summed E-state index contributed by atoms with van der Waals surface area (Å²) in [4.78, 5) is 13.9. The van der Waals surface area contributed by atoms with Crippen LogP contribution in [0.1, 0.15) is 27.7 Å². The molecular formula is C18H27BN2O3. The topological polar surface area (TPSA) is 50.8 Å². The normalized spacial score (nSPS) is 19.2. The highest BCUT2D eigenvalue weighted by molar-refractivity contribution is 6.62. The van der Waals surface area contributed by atoms with Gasteiger partial charge in [0.1, 0.15) is 0 Å². The molecule has 0 bridgehead atoms. The monoisotopic (exact) mass is 330 g/mol. The molecule has 1 heterocycles. The third-order valence-electron chi connectivity index (χ3n) is 4.42. The number of benzene rings is 1. The third-order valence-corrected chi connectivity index (χ3v) is 4.42. The Morgan fingerprint density at radius 2 is 1.83 bits per heavy atom. The Morgan fingerprint density at radius 3 is 2.42 bits per heavy atom. The summed E-state index contributed by atoms with van der Waals surface area (Å²) in [6, 6.07) is 7.57. The molecule has 24 heavy (non-hydrogen) atoms. The Hall–Kier alpha value is -1.63. The lowest BCUT2D eigenvalue weighted by molar-refractivity contribution is -0.111. The lowest BCUT2D eigenvalue weighted by Crippen LogP contribution is -2.41. The van der Waals surface area contributed by atoms with E-state index in [1.165, 1.54) is 0 Å². The molecule has 5 nitrogen and oxygen atoms in total. The summed E-state index contributed by atoms with van der Waals surface area (Å²) in [6.45, 7) is 8.81. The van der Waals surface area contributed by atoms with E-state index < -0.39 is 7.12 Å². The van der Waals surface area contributed by atoms with Crippen LogP contribution in [0.25, 0.3) is 0 Å². The van der Waals surface area contributed by atoms with E-state index in [0.29, 0.717) is 0 Å². The van der Waals surface area contributed by atoms with Gasteiger partial charge in [-0.15, -0.1) is 0 Å². The molecular weight excluding hydrogens is 303 g/mol. The van der Waals surface area contributed by atoms with Gasteiger partial charge < -0.3 is 19.5 Å². The van der Waals surface area contributed by atoms with E-state index >= 15 is 0 Å². The van der Waals surface area contributed by atoms with Crippen LogP contribution in [0.5, 0.6) is 0 Å². The van der Waals surface area contributed by atoms with Crippen molar-refractivity contribution < 1.29 is 14.1 Å². The number of nitrogens with zero attached hydrogens (tertiary/aromatic N) is 1. The molecule has 1 fully saturated rings. The predicted molar refractivity (Wildman–Crippen MR) is 98.5 cm³/mol. The van der Waals surface area contributed by atoms with Crippen molar-refractivity contribution in [2.75, 3.05) is 26.0 Å². The molecule has 0 unspecified atom stereocenters. The second kappa shape index (κ2) is 7.09. The van der Waals surface area contributed by atoms with Crippen molar-refractivity contribution >= 4 is 24.2 Å². The largest absolute Gasteiger partial charge is 0.494 e. The van der Waals surface area contributed by atoms with Crippen molar-refractivity contribution in [3.05, 3.63) is 36.4 Å². The van der Waals surface area contributed by atoms with Gasteiger partial charge in [0.15, 0.2) is 0 Å². The summed E-state index contributed by atoms with van der Waals surface area (Å²) in [5.74, 6) is -0.150. The van der Waals surface area contributed by atoms with E-state index in [-0.39, 0.29) is 17.1 Å². The van der Waals surface area contributed by atoms with Crippen molar-refractivity contribution in [1.29, 1.82) is 0 Å². The van der Waals surface area contributed by atoms with Crippen LogP contribution in [0, 0.1) is 0 Å². The molecule has 0 aromatic heterocycles. The molecule has 0 radical (unpaired) electrons. The fourth-order valence-corrected chi connectivity index (χ4v) is 2.30. The number of hydrogen-bond donors (Lipinski definition) is 1. The number of anilines is 1. The van der Waals surface area contributed by atoms with Crippen LogP contribution in [0.15, 0.2) is 36.4 Å². The van der Waals surface area contributed by atoms with Gasteiger partial charge in [-0.05, 0) is 59.4 Å². The van der Waals surface area contributed by atoms with Crippen LogP contribution in [0.2, 0.25) is 0 Å². The van der Waals surface area contributed by atoms with Gasteiger partial charge in [0.05, 0.1) is 11.2 Å². The quantitative estimate of drug-likeness (QED) is 0.663. The molecule has 1 aliphatic rings. The second-order valence-electron chi connectivity index (χ2n) is 7.37. The summed E-state index contributed by atoms with van der Waals surface area (Å²) in [7, 11) is 3.48. The number of carbonyl (C=O) groups excluding carboxylic acids is 1. The van der Waals surface area contributed by atoms with E-state index in [9.17, 15) is 4.79 Å². The minimum Gasteiger partial charge on any atom is -0.399 e. The molecule has 130 valence electrons. The summed E-state index contributed by atoms with van der Waals surface area (Å²) >= 11 is 0. The number of amides is 1. The minimum absolute atomic E-state index is 0.150. The minimum atomic E-state index is -0.434. The average molecular weight is 330 g/mol. The van der Waals surface area contributed by atoms with Crippen molar-refractivity contribution in [3.8, 4) is 0 Å². The molecule has 0 spiro atoms. The fraction of sp³-hybridized carbons (Fsp3) is 0.500. The molecule has 0 saturated carbocycles. The van der Waals surface area contributed by atoms with Gasteiger partial charge in [-0.3, -0.25) is 4.79 Å². The van der Waals surface area contributed by atoms with Gasteiger partial charge in [0, 0.05) is 18.3 Å². The van der Waals surface area contributed by atoms with Crippen LogP contribution in [0.4, 0.5) is 5.69 Å². The van der Waals surface area contributed by atoms with Crippen LogP contribution in [0.3, 0.4) is 0 Å². The van der Waals surface area contributed by atoms with Crippen molar-refractivity contribution in [2.45, 2.75) is 38.9 Å². The Balaban J connectivity index is 2.05. The van der Waals surface area contributed by atoms with E-state index in [4.69, 9.17) is 9.31 Å². The Kier molecular flexibility index (Phi) is 5.53. The van der Waals surface area contributed by atoms with Crippen LogP contribution >= 0.6 is 0 Å². The number of hydrogen-bond acceptors (Lipinski definition) is 4. The highest BCUT2D eigenvalue weighted by Gasteiger charge is 2.51. The summed E-state index contributed by atoms with van der Waals surface area (Å²) in [5, 5.41) is 2.87. The van der Waals surface area contributed by atoms with E-state index in [2.05, 4.69) is 5.32 Å². The lowest BCUT2D eigenvalue weighted by Gasteiger charge is -2.32. The molecule has 1 N–H and O–H groups in total. The summed E-state index contributed by atoms with van der Waals surface area (Å²) in [6.07, 6.45) is 3.37. The van der Waals surface area contributed by atoms with Crippen molar-refractivity contribution in [3.63, 3.8) is 0 Å². The summed E-state index contributed by atoms with van der Waals surface area (Å²) in [5.41, 5.74) is 0.850. The van der Waals surface area contributed by atoms with Gasteiger partial charge in [0.25, 0.3) is 0 Å². The fourth-order valence-electron chi connectivity index (χ4n) is 2.30. The number of likely N-dealkylation sites (N-methyl/N-ethyl adjacent to an activating group) is 1. The van der Waals surface area contributed by atoms with Gasteiger partial charge in [0.2, 0.25) is 5.91 Å². The zero-order valence-corrected chi connectivity index (χ0v) is 15.4. The van der Waals surface area contributed by atoms with Gasteiger partial charge >= 0.3 is 7.12 Å². The third kappa shape index (κ3) is 4.47.